The molecule has 1 fully saturated rings. The van der Waals surface area contributed by atoms with Gasteiger partial charge in [0.1, 0.15) is 17.4 Å². The van der Waals surface area contributed by atoms with Gasteiger partial charge in [0.05, 0.1) is 24.8 Å². The topological polar surface area (TPSA) is 118 Å². The zero-order valence-electron chi connectivity index (χ0n) is 28.1. The number of furan rings is 1. The maximum atomic E-state index is 13.9. The number of hydrogen-bond donors (Lipinski definition) is 4. The molecule has 2 aliphatic rings. The smallest absolute Gasteiger partial charge is 0.239 e. The van der Waals surface area contributed by atoms with Crippen LogP contribution in [-0.4, -0.2) is 81.8 Å². The van der Waals surface area contributed by atoms with Crippen LogP contribution in [0.5, 0.6) is 0 Å². The number of aliphatic hydroxyl groups excluding tert-OH is 2. The van der Waals surface area contributed by atoms with E-state index in [9.17, 15) is 19.8 Å². The monoisotopic (exact) mass is 652 g/mol. The lowest BCUT2D eigenvalue weighted by Crippen LogP contribution is -2.61. The van der Waals surface area contributed by atoms with E-state index in [1.54, 1.807) is 0 Å². The summed E-state index contributed by atoms with van der Waals surface area (Å²) in [5, 5.41) is 29.7. The highest BCUT2D eigenvalue weighted by atomic mass is 16.3. The van der Waals surface area contributed by atoms with E-state index in [-0.39, 0.29) is 24.8 Å². The third-order valence-electron chi connectivity index (χ3n) is 9.43. The SMILES string of the molecule is CC(C)(C)NC(=O)C1CN(Cc2cc3ccccc3o2)CCN1CC(O)C[C@@H](Cc1ccccc1)C(=O)NC1c2ccccc2CC1O. The van der Waals surface area contributed by atoms with Gasteiger partial charge in [0, 0.05) is 49.4 Å². The molecule has 1 aromatic heterocycles. The first-order valence-electron chi connectivity index (χ1n) is 17.1. The van der Waals surface area contributed by atoms with Crippen LogP contribution in [0, 0.1) is 5.92 Å². The van der Waals surface area contributed by atoms with E-state index in [2.05, 4.69) is 26.5 Å². The normalized spacial score (nSPS) is 21.5. The third-order valence-corrected chi connectivity index (χ3v) is 9.43. The number of amides is 2. The molecular formula is C39H48N4O5. The summed E-state index contributed by atoms with van der Waals surface area (Å²) >= 11 is 0. The van der Waals surface area contributed by atoms with Crippen molar-refractivity contribution in [2.24, 2.45) is 5.92 Å². The Kier molecular flexibility index (Phi) is 10.3. The van der Waals surface area contributed by atoms with Gasteiger partial charge >= 0.3 is 0 Å². The van der Waals surface area contributed by atoms with Gasteiger partial charge in [-0.2, -0.15) is 0 Å². The number of fused-ring (bicyclic) bond motifs is 2. The largest absolute Gasteiger partial charge is 0.460 e. The molecule has 4 N–H and O–H groups in total. The minimum atomic E-state index is -0.850. The highest BCUT2D eigenvalue weighted by molar-refractivity contribution is 5.83. The van der Waals surface area contributed by atoms with E-state index in [0.29, 0.717) is 39.0 Å². The zero-order chi connectivity index (χ0) is 33.8. The summed E-state index contributed by atoms with van der Waals surface area (Å²) in [6.07, 6.45) is -0.387. The Morgan fingerprint density at radius 3 is 2.48 bits per heavy atom. The average molecular weight is 653 g/mol. The molecule has 3 aromatic carbocycles. The first-order valence-corrected chi connectivity index (χ1v) is 17.1. The van der Waals surface area contributed by atoms with Crippen LogP contribution in [-0.2, 0) is 29.0 Å². The van der Waals surface area contributed by atoms with E-state index in [0.717, 1.165) is 33.4 Å². The number of nitrogens with one attached hydrogen (secondary N) is 2. The number of nitrogens with zero attached hydrogens (tertiary/aromatic N) is 2. The van der Waals surface area contributed by atoms with Crippen LogP contribution >= 0.6 is 0 Å². The van der Waals surface area contributed by atoms with Gasteiger partial charge in [0.2, 0.25) is 11.8 Å². The molecule has 5 atom stereocenters. The molecule has 0 spiro atoms. The van der Waals surface area contributed by atoms with Crippen LogP contribution in [0.1, 0.15) is 55.7 Å². The van der Waals surface area contributed by atoms with Gasteiger partial charge in [-0.15, -0.1) is 0 Å². The highest BCUT2D eigenvalue weighted by Crippen LogP contribution is 2.32. The first kappa shape index (κ1) is 33.9. The van der Waals surface area contributed by atoms with Crippen molar-refractivity contribution in [2.45, 2.75) is 76.4 Å². The number of carbonyl (C=O) groups excluding carboxylic acids is 2. The van der Waals surface area contributed by atoms with E-state index in [1.807, 2.05) is 99.6 Å². The van der Waals surface area contributed by atoms with E-state index in [4.69, 9.17) is 4.42 Å². The summed E-state index contributed by atoms with van der Waals surface area (Å²) in [6, 6.07) is 26.6. The number of rotatable bonds is 11. The number of hydrogen-bond acceptors (Lipinski definition) is 7. The van der Waals surface area contributed by atoms with Crippen LogP contribution in [0.25, 0.3) is 11.0 Å². The summed E-state index contributed by atoms with van der Waals surface area (Å²) in [6.45, 7) is 8.51. The number of piperazine rings is 1. The molecular weight excluding hydrogens is 604 g/mol. The van der Waals surface area contributed by atoms with Gasteiger partial charge in [-0.25, -0.2) is 0 Å². The summed E-state index contributed by atoms with van der Waals surface area (Å²) < 4.78 is 6.08. The molecule has 9 heteroatoms. The Morgan fingerprint density at radius 2 is 1.71 bits per heavy atom. The lowest BCUT2D eigenvalue weighted by molar-refractivity contribution is -0.132. The Labute approximate surface area is 282 Å². The second-order valence-corrected chi connectivity index (χ2v) is 14.5. The predicted octanol–water partition coefficient (Wildman–Crippen LogP) is 4.22. The molecule has 1 saturated heterocycles. The van der Waals surface area contributed by atoms with Gasteiger partial charge in [0.15, 0.2) is 0 Å². The summed E-state index contributed by atoms with van der Waals surface area (Å²) in [5.41, 5.74) is 3.40. The fourth-order valence-corrected chi connectivity index (χ4v) is 7.15. The van der Waals surface area contributed by atoms with Crippen molar-refractivity contribution in [3.63, 3.8) is 0 Å². The van der Waals surface area contributed by atoms with Crippen LogP contribution in [0.3, 0.4) is 0 Å². The molecule has 254 valence electrons. The Balaban J connectivity index is 1.15. The molecule has 6 rings (SSSR count). The van der Waals surface area contributed by atoms with Crippen molar-refractivity contribution < 1.29 is 24.2 Å². The summed E-state index contributed by atoms with van der Waals surface area (Å²) in [4.78, 5) is 31.8. The number of benzene rings is 3. The van der Waals surface area contributed by atoms with Gasteiger partial charge in [-0.05, 0) is 62.4 Å². The van der Waals surface area contributed by atoms with Crippen LogP contribution in [0.2, 0.25) is 0 Å². The number of aliphatic hydroxyl groups is 2. The van der Waals surface area contributed by atoms with Gasteiger partial charge < -0.3 is 25.3 Å². The molecule has 48 heavy (non-hydrogen) atoms. The number of β-amino-alcohol motifs (C(OH)–C–C–N with tert-alkyl or cyclic N) is 1. The van der Waals surface area contributed by atoms with Gasteiger partial charge in [-0.1, -0.05) is 72.8 Å². The van der Waals surface area contributed by atoms with Crippen molar-refractivity contribution in [3.05, 3.63) is 107 Å². The average Bonchev–Trinajstić information content (AvgIpc) is 3.60. The molecule has 1 aliphatic heterocycles. The second-order valence-electron chi connectivity index (χ2n) is 14.5. The fourth-order valence-electron chi connectivity index (χ4n) is 7.15. The van der Waals surface area contributed by atoms with Crippen LogP contribution in [0.4, 0.5) is 0 Å². The van der Waals surface area contributed by atoms with Crippen molar-refractivity contribution in [1.82, 2.24) is 20.4 Å². The van der Waals surface area contributed by atoms with Crippen molar-refractivity contribution in [3.8, 4) is 0 Å². The molecule has 1 aliphatic carbocycles. The van der Waals surface area contributed by atoms with Gasteiger partial charge in [-0.3, -0.25) is 19.4 Å². The number of para-hydroxylation sites is 1. The third kappa shape index (κ3) is 8.33. The van der Waals surface area contributed by atoms with Gasteiger partial charge in [0.25, 0.3) is 0 Å². The van der Waals surface area contributed by atoms with Crippen LogP contribution < -0.4 is 10.6 Å². The summed E-state index contributed by atoms with van der Waals surface area (Å²) in [7, 11) is 0. The molecule has 0 radical (unpaired) electrons. The van der Waals surface area contributed by atoms with Crippen molar-refractivity contribution in [2.75, 3.05) is 26.2 Å². The second kappa shape index (κ2) is 14.6. The fraction of sp³-hybridized carbons (Fsp3) is 0.436. The Hall–Kier alpha value is -4.02. The molecule has 2 heterocycles. The minimum absolute atomic E-state index is 0.0866. The lowest BCUT2D eigenvalue weighted by atomic mass is 9.91. The molecule has 0 saturated carbocycles. The van der Waals surface area contributed by atoms with E-state index < -0.39 is 35.7 Å². The van der Waals surface area contributed by atoms with Crippen LogP contribution in [0.15, 0.2) is 89.3 Å². The van der Waals surface area contributed by atoms with Crippen molar-refractivity contribution >= 4 is 22.8 Å². The lowest BCUT2D eigenvalue weighted by Gasteiger charge is -2.42. The highest BCUT2D eigenvalue weighted by Gasteiger charge is 2.37. The Morgan fingerprint density at radius 1 is 0.979 bits per heavy atom. The molecule has 4 aromatic rings. The number of carbonyl (C=O) groups is 2. The minimum Gasteiger partial charge on any atom is -0.460 e. The van der Waals surface area contributed by atoms with Crippen molar-refractivity contribution in [1.29, 1.82) is 0 Å². The van der Waals surface area contributed by atoms with E-state index >= 15 is 0 Å². The zero-order valence-corrected chi connectivity index (χ0v) is 28.1. The summed E-state index contributed by atoms with van der Waals surface area (Å²) in [5.74, 6) is 0.0378. The first-order chi connectivity index (χ1) is 23.0. The maximum Gasteiger partial charge on any atom is 0.239 e. The van der Waals surface area contributed by atoms with E-state index in [1.165, 1.54) is 0 Å². The maximum absolute atomic E-state index is 13.9. The quantitative estimate of drug-likeness (QED) is 0.192. The molecule has 2 amide bonds. The predicted molar refractivity (Wildman–Crippen MR) is 186 cm³/mol. The Bertz CT molecular complexity index is 1670. The standard InChI is InChI=1S/C39H48N4O5/c1-39(2,3)41-38(47)33-25-42(24-31-21-28-14-8-10-16-35(28)48-31)17-18-43(33)23-30(44)20-29(19-26-11-5-4-6-12-26)37(46)40-36-32-15-9-7-13-27(32)22-34(36)45/h4-16,21,29-30,33-34,36,44-45H,17-20,22-25H2,1-3H3,(H,40,46)(H,41,47)/t29-,30?,33?,34?,36?/m1/s1. The molecule has 4 unspecified atom stereocenters. The molecule has 0 bridgehead atoms. The molecule has 9 nitrogen and oxygen atoms in total.